The largest absolute Gasteiger partial charge is 0.356 e. The van der Waals surface area contributed by atoms with Gasteiger partial charge in [0.25, 0.3) is 0 Å². The molecule has 1 aliphatic rings. The zero-order valence-electron chi connectivity index (χ0n) is 15.7. The smallest absolute Gasteiger partial charge is 0.315 e. The van der Waals surface area contributed by atoms with Crippen molar-refractivity contribution in [2.45, 2.75) is 71.3 Å². The molecule has 0 aromatic carbocycles. The molecule has 4 N–H and O–H groups in total. The van der Waals surface area contributed by atoms with Gasteiger partial charge < -0.3 is 21.3 Å². The van der Waals surface area contributed by atoms with Crippen LogP contribution >= 0.6 is 0 Å². The van der Waals surface area contributed by atoms with Gasteiger partial charge in [0, 0.05) is 38.0 Å². The Labute approximate surface area is 151 Å². The van der Waals surface area contributed by atoms with Crippen molar-refractivity contribution in [1.29, 1.82) is 0 Å². The first-order valence-electron chi connectivity index (χ1n) is 9.58. The van der Waals surface area contributed by atoms with Crippen molar-refractivity contribution in [3.63, 3.8) is 0 Å². The highest BCUT2D eigenvalue weighted by Crippen LogP contribution is 2.17. The van der Waals surface area contributed by atoms with Crippen LogP contribution in [-0.2, 0) is 9.59 Å². The molecule has 0 aliphatic heterocycles. The van der Waals surface area contributed by atoms with Gasteiger partial charge in [0.15, 0.2) is 0 Å². The molecule has 0 heterocycles. The minimum atomic E-state index is -0.131. The van der Waals surface area contributed by atoms with Crippen molar-refractivity contribution in [2.75, 3.05) is 19.6 Å². The second kappa shape index (κ2) is 12.6. The Balaban J connectivity index is 1.94. The zero-order valence-corrected chi connectivity index (χ0v) is 15.7. The molecule has 0 aromatic heterocycles. The molecule has 0 unspecified atom stereocenters. The summed E-state index contributed by atoms with van der Waals surface area (Å²) in [6.45, 7) is 5.31. The Morgan fingerprint density at radius 1 is 0.880 bits per heavy atom. The fourth-order valence-electron chi connectivity index (χ4n) is 2.75. The van der Waals surface area contributed by atoms with Crippen LogP contribution in [-0.4, -0.2) is 43.5 Å². The lowest BCUT2D eigenvalue weighted by atomic mass is 9.96. The van der Waals surface area contributed by atoms with Crippen molar-refractivity contribution in [2.24, 2.45) is 5.92 Å². The summed E-state index contributed by atoms with van der Waals surface area (Å²) in [6.07, 6.45) is 7.49. The number of carbonyl (C=O) groups excluding carboxylic acids is 3. The van der Waals surface area contributed by atoms with Gasteiger partial charge in [-0.2, -0.15) is 0 Å². The average molecular weight is 354 g/mol. The summed E-state index contributed by atoms with van der Waals surface area (Å²) in [5, 5.41) is 11.4. The lowest BCUT2D eigenvalue weighted by Gasteiger charge is -2.22. The highest BCUT2D eigenvalue weighted by atomic mass is 16.2. The van der Waals surface area contributed by atoms with Gasteiger partial charge >= 0.3 is 6.03 Å². The molecule has 1 saturated carbocycles. The van der Waals surface area contributed by atoms with E-state index in [9.17, 15) is 14.4 Å². The van der Waals surface area contributed by atoms with Gasteiger partial charge in [-0.25, -0.2) is 4.79 Å². The van der Waals surface area contributed by atoms with Crippen LogP contribution in [0.3, 0.4) is 0 Å². The summed E-state index contributed by atoms with van der Waals surface area (Å²) in [7, 11) is 0. The minimum Gasteiger partial charge on any atom is -0.356 e. The van der Waals surface area contributed by atoms with E-state index in [1.165, 1.54) is 19.3 Å². The summed E-state index contributed by atoms with van der Waals surface area (Å²) >= 11 is 0. The number of carbonyl (C=O) groups is 3. The van der Waals surface area contributed by atoms with E-state index in [0.717, 1.165) is 12.8 Å². The van der Waals surface area contributed by atoms with Gasteiger partial charge in [0.05, 0.1) is 0 Å². The highest BCUT2D eigenvalue weighted by Gasteiger charge is 2.15. The average Bonchev–Trinajstić information content (AvgIpc) is 2.59. The summed E-state index contributed by atoms with van der Waals surface area (Å²) in [5.74, 6) is -0.00835. The Bertz CT molecular complexity index is 421. The topological polar surface area (TPSA) is 99.3 Å². The maximum absolute atomic E-state index is 11.7. The maximum atomic E-state index is 11.7. The molecule has 7 nitrogen and oxygen atoms in total. The van der Waals surface area contributed by atoms with E-state index in [0.29, 0.717) is 44.9 Å². The Kier molecular flexibility index (Phi) is 10.7. The molecule has 4 amide bonds. The minimum absolute atomic E-state index is 0.0163. The molecule has 7 heteroatoms. The molecule has 0 atom stereocenters. The van der Waals surface area contributed by atoms with Crippen LogP contribution in [0, 0.1) is 5.92 Å². The predicted molar refractivity (Wildman–Crippen MR) is 98.1 cm³/mol. The molecule has 0 saturated heterocycles. The van der Waals surface area contributed by atoms with E-state index in [1.54, 1.807) is 0 Å². The molecule has 0 spiro atoms. The van der Waals surface area contributed by atoms with Crippen LogP contribution in [0.2, 0.25) is 0 Å². The van der Waals surface area contributed by atoms with Crippen molar-refractivity contribution in [3.8, 4) is 0 Å². The molecule has 25 heavy (non-hydrogen) atoms. The predicted octanol–water partition coefficient (Wildman–Crippen LogP) is 1.68. The number of hydrogen-bond donors (Lipinski definition) is 4. The zero-order chi connectivity index (χ0) is 18.5. The van der Waals surface area contributed by atoms with Crippen molar-refractivity contribution >= 4 is 17.8 Å². The van der Waals surface area contributed by atoms with Gasteiger partial charge in [-0.1, -0.05) is 33.1 Å². The second-order valence-electron chi connectivity index (χ2n) is 6.99. The van der Waals surface area contributed by atoms with Crippen LogP contribution in [0.1, 0.15) is 65.2 Å². The van der Waals surface area contributed by atoms with Gasteiger partial charge in [0.1, 0.15) is 0 Å². The second-order valence-corrected chi connectivity index (χ2v) is 6.99. The molecule has 1 rings (SSSR count). The van der Waals surface area contributed by atoms with E-state index in [4.69, 9.17) is 0 Å². The van der Waals surface area contributed by atoms with E-state index >= 15 is 0 Å². The first kappa shape index (κ1) is 21.3. The van der Waals surface area contributed by atoms with E-state index in [2.05, 4.69) is 21.3 Å². The van der Waals surface area contributed by atoms with Gasteiger partial charge in [-0.15, -0.1) is 0 Å². The molecule has 144 valence electrons. The normalized spacial score (nSPS) is 14.8. The van der Waals surface area contributed by atoms with Crippen molar-refractivity contribution in [1.82, 2.24) is 21.3 Å². The van der Waals surface area contributed by atoms with Crippen LogP contribution in [0.5, 0.6) is 0 Å². The summed E-state index contributed by atoms with van der Waals surface area (Å²) in [4.78, 5) is 34.8. The molecular formula is C18H34N4O3. The molecule has 1 aliphatic carbocycles. The third-order valence-corrected chi connectivity index (χ3v) is 4.31. The molecule has 0 radical (unpaired) electrons. The monoisotopic (exact) mass is 354 g/mol. The van der Waals surface area contributed by atoms with E-state index in [-0.39, 0.29) is 23.8 Å². The first-order valence-corrected chi connectivity index (χ1v) is 9.58. The fourth-order valence-corrected chi connectivity index (χ4v) is 2.75. The quantitative estimate of drug-likeness (QED) is 0.449. The Morgan fingerprint density at radius 2 is 1.52 bits per heavy atom. The molecule has 0 bridgehead atoms. The Hall–Kier alpha value is -1.79. The van der Waals surface area contributed by atoms with Crippen molar-refractivity contribution in [3.05, 3.63) is 0 Å². The standard InChI is InChI=1S/C18H34N4O3/c1-14(2)17(24)20-13-7-12-19-16(23)10-6-11-21-18(25)22-15-8-4-3-5-9-15/h14-15H,3-13H2,1-2H3,(H,19,23)(H,20,24)(H2,21,22,25). The maximum Gasteiger partial charge on any atom is 0.315 e. The van der Waals surface area contributed by atoms with Gasteiger partial charge in [-0.05, 0) is 25.7 Å². The number of amides is 4. The van der Waals surface area contributed by atoms with Crippen molar-refractivity contribution < 1.29 is 14.4 Å². The third-order valence-electron chi connectivity index (χ3n) is 4.31. The number of nitrogens with one attached hydrogen (secondary N) is 4. The summed E-state index contributed by atoms with van der Waals surface area (Å²) in [6, 6.07) is 0.168. The molecular weight excluding hydrogens is 320 g/mol. The highest BCUT2D eigenvalue weighted by molar-refractivity contribution is 5.78. The van der Waals surface area contributed by atoms with Gasteiger partial charge in [-0.3, -0.25) is 9.59 Å². The number of rotatable bonds is 10. The van der Waals surface area contributed by atoms with Crippen LogP contribution in [0.4, 0.5) is 4.79 Å². The molecule has 0 aromatic rings. The summed E-state index contributed by atoms with van der Waals surface area (Å²) in [5.41, 5.74) is 0. The number of urea groups is 1. The number of hydrogen-bond acceptors (Lipinski definition) is 3. The van der Waals surface area contributed by atoms with E-state index in [1.807, 2.05) is 13.8 Å². The SMILES string of the molecule is CC(C)C(=O)NCCCNC(=O)CCCNC(=O)NC1CCCCC1. The molecule has 1 fully saturated rings. The third kappa shape index (κ3) is 10.6. The summed E-state index contributed by atoms with van der Waals surface area (Å²) < 4.78 is 0. The lowest BCUT2D eigenvalue weighted by Crippen LogP contribution is -2.43. The van der Waals surface area contributed by atoms with E-state index < -0.39 is 0 Å². The lowest BCUT2D eigenvalue weighted by molar-refractivity contribution is -0.124. The van der Waals surface area contributed by atoms with Gasteiger partial charge in [0.2, 0.25) is 11.8 Å². The van der Waals surface area contributed by atoms with Crippen LogP contribution in [0.25, 0.3) is 0 Å². The first-order chi connectivity index (χ1) is 12.0. The van der Waals surface area contributed by atoms with Crippen LogP contribution < -0.4 is 21.3 Å². The van der Waals surface area contributed by atoms with Crippen LogP contribution in [0.15, 0.2) is 0 Å². The Morgan fingerprint density at radius 3 is 2.20 bits per heavy atom. The fraction of sp³-hybridized carbons (Fsp3) is 0.833.